The van der Waals surface area contributed by atoms with Crippen LogP contribution in [-0.2, 0) is 11.2 Å². The summed E-state index contributed by atoms with van der Waals surface area (Å²) in [6.45, 7) is 0.724. The maximum atomic E-state index is 13.1. The van der Waals surface area contributed by atoms with Crippen LogP contribution in [0.2, 0.25) is 0 Å². The molecule has 0 radical (unpaired) electrons. The number of benzene rings is 1. The fraction of sp³-hybridized carbons (Fsp3) is 0.462. The fourth-order valence-electron chi connectivity index (χ4n) is 2.40. The zero-order valence-corrected chi connectivity index (χ0v) is 9.96. The van der Waals surface area contributed by atoms with Crippen molar-refractivity contribution < 1.29 is 13.6 Å². The Morgan fingerprint density at radius 3 is 2.83 bits per heavy atom. The number of hydrogen-bond acceptors (Lipinski definition) is 2. The molecule has 1 aliphatic heterocycles. The molecule has 0 spiro atoms. The number of nitrogens with one attached hydrogen (secondary N) is 1. The summed E-state index contributed by atoms with van der Waals surface area (Å²) < 4.78 is 25.9. The summed E-state index contributed by atoms with van der Waals surface area (Å²) in [4.78, 5) is 11.1. The highest BCUT2D eigenvalue weighted by Gasteiger charge is 2.25. The first kappa shape index (κ1) is 13.0. The fourth-order valence-corrected chi connectivity index (χ4v) is 2.40. The largest absolute Gasteiger partial charge is 0.368 e. The van der Waals surface area contributed by atoms with Gasteiger partial charge in [-0.3, -0.25) is 4.79 Å². The van der Waals surface area contributed by atoms with E-state index < -0.39 is 11.6 Å². The number of carbonyl (C=O) groups is 1. The van der Waals surface area contributed by atoms with Crippen LogP contribution >= 0.6 is 0 Å². The van der Waals surface area contributed by atoms with Gasteiger partial charge in [0.1, 0.15) is 0 Å². The average Bonchev–Trinajstić information content (AvgIpc) is 2.34. The Labute approximate surface area is 104 Å². The van der Waals surface area contributed by atoms with Crippen LogP contribution in [0.15, 0.2) is 18.2 Å². The van der Waals surface area contributed by atoms with Crippen molar-refractivity contribution in [1.29, 1.82) is 0 Å². The van der Waals surface area contributed by atoms with Gasteiger partial charge < -0.3 is 11.1 Å². The molecule has 2 atom stereocenters. The van der Waals surface area contributed by atoms with Gasteiger partial charge in [-0.25, -0.2) is 8.78 Å². The number of piperidine rings is 1. The maximum absolute atomic E-state index is 13.1. The lowest BCUT2D eigenvalue weighted by molar-refractivity contribution is -0.120. The van der Waals surface area contributed by atoms with Crippen molar-refractivity contribution in [2.24, 2.45) is 11.7 Å². The number of hydrogen-bond donors (Lipinski definition) is 2. The van der Waals surface area contributed by atoms with Gasteiger partial charge in [0.2, 0.25) is 5.91 Å². The SMILES string of the molecule is NC(=O)C1CC(Cc2ccc(F)c(F)c2)CCN1. The molecule has 0 aromatic heterocycles. The highest BCUT2D eigenvalue weighted by molar-refractivity contribution is 5.79. The predicted octanol–water partition coefficient (Wildman–Crippen LogP) is 1.36. The number of halogens is 2. The number of rotatable bonds is 3. The quantitative estimate of drug-likeness (QED) is 0.855. The minimum Gasteiger partial charge on any atom is -0.368 e. The summed E-state index contributed by atoms with van der Waals surface area (Å²) in [5.41, 5.74) is 6.01. The van der Waals surface area contributed by atoms with Crippen LogP contribution in [0.4, 0.5) is 8.78 Å². The average molecular weight is 254 g/mol. The van der Waals surface area contributed by atoms with E-state index in [1.807, 2.05) is 0 Å². The van der Waals surface area contributed by atoms with Crippen molar-refractivity contribution in [3.63, 3.8) is 0 Å². The van der Waals surface area contributed by atoms with Crippen LogP contribution in [0, 0.1) is 17.6 Å². The Balaban J connectivity index is 2.00. The third kappa shape index (κ3) is 3.04. The minimum atomic E-state index is -0.834. The van der Waals surface area contributed by atoms with Gasteiger partial charge in [-0.05, 0) is 49.4 Å². The Morgan fingerprint density at radius 1 is 1.39 bits per heavy atom. The summed E-state index contributed by atoms with van der Waals surface area (Å²) in [5, 5.41) is 3.05. The summed E-state index contributed by atoms with van der Waals surface area (Å²) in [5.74, 6) is -1.74. The molecule has 1 aliphatic rings. The summed E-state index contributed by atoms with van der Waals surface area (Å²) in [6.07, 6.45) is 2.19. The second kappa shape index (κ2) is 5.44. The van der Waals surface area contributed by atoms with Crippen LogP contribution < -0.4 is 11.1 Å². The van der Waals surface area contributed by atoms with E-state index in [2.05, 4.69) is 5.32 Å². The number of primary amides is 1. The van der Waals surface area contributed by atoms with Crippen molar-refractivity contribution in [3.8, 4) is 0 Å². The predicted molar refractivity (Wildman–Crippen MR) is 63.8 cm³/mol. The standard InChI is InChI=1S/C13H16F2N2O/c14-10-2-1-8(6-11(10)15)5-9-3-4-17-12(7-9)13(16)18/h1-2,6,9,12,17H,3-5,7H2,(H2,16,18). The van der Waals surface area contributed by atoms with Crippen LogP contribution in [0.25, 0.3) is 0 Å². The molecule has 1 heterocycles. The molecule has 1 aromatic carbocycles. The molecular formula is C13H16F2N2O. The van der Waals surface area contributed by atoms with E-state index in [0.29, 0.717) is 12.8 Å². The molecule has 1 aromatic rings. The van der Waals surface area contributed by atoms with Gasteiger partial charge in [-0.15, -0.1) is 0 Å². The molecule has 1 fully saturated rings. The topological polar surface area (TPSA) is 55.1 Å². The molecule has 0 saturated carbocycles. The molecule has 2 rings (SSSR count). The Kier molecular flexibility index (Phi) is 3.91. The first-order valence-corrected chi connectivity index (χ1v) is 6.03. The van der Waals surface area contributed by atoms with Crippen LogP contribution in [-0.4, -0.2) is 18.5 Å². The molecule has 1 saturated heterocycles. The van der Waals surface area contributed by atoms with E-state index in [0.717, 1.165) is 24.6 Å². The molecule has 3 nitrogen and oxygen atoms in total. The van der Waals surface area contributed by atoms with Crippen LogP contribution in [0.5, 0.6) is 0 Å². The molecule has 1 amide bonds. The highest BCUT2D eigenvalue weighted by atomic mass is 19.2. The first-order valence-electron chi connectivity index (χ1n) is 6.03. The normalized spacial score (nSPS) is 23.9. The molecule has 2 unspecified atom stereocenters. The van der Waals surface area contributed by atoms with Gasteiger partial charge in [-0.2, -0.15) is 0 Å². The van der Waals surface area contributed by atoms with Gasteiger partial charge in [0.25, 0.3) is 0 Å². The monoisotopic (exact) mass is 254 g/mol. The van der Waals surface area contributed by atoms with Crippen LogP contribution in [0.1, 0.15) is 18.4 Å². The number of amides is 1. The third-order valence-corrected chi connectivity index (χ3v) is 3.36. The highest BCUT2D eigenvalue weighted by Crippen LogP contribution is 2.22. The van der Waals surface area contributed by atoms with E-state index in [4.69, 9.17) is 5.73 Å². The summed E-state index contributed by atoms with van der Waals surface area (Å²) >= 11 is 0. The molecular weight excluding hydrogens is 238 g/mol. The van der Waals surface area contributed by atoms with E-state index >= 15 is 0 Å². The Bertz CT molecular complexity index is 451. The summed E-state index contributed by atoms with van der Waals surface area (Å²) in [6, 6.07) is 3.63. The molecule has 0 bridgehead atoms. The van der Waals surface area contributed by atoms with E-state index in [1.165, 1.54) is 6.07 Å². The molecule has 3 N–H and O–H groups in total. The zero-order chi connectivity index (χ0) is 13.1. The maximum Gasteiger partial charge on any atom is 0.234 e. The van der Waals surface area contributed by atoms with Crippen molar-refractivity contribution in [2.75, 3.05) is 6.54 Å². The van der Waals surface area contributed by atoms with Gasteiger partial charge in [0.05, 0.1) is 6.04 Å². The lowest BCUT2D eigenvalue weighted by Crippen LogP contribution is -2.47. The lowest BCUT2D eigenvalue weighted by Gasteiger charge is -2.28. The molecule has 0 aliphatic carbocycles. The smallest absolute Gasteiger partial charge is 0.234 e. The Hall–Kier alpha value is -1.49. The van der Waals surface area contributed by atoms with Crippen molar-refractivity contribution in [2.45, 2.75) is 25.3 Å². The van der Waals surface area contributed by atoms with Gasteiger partial charge in [-0.1, -0.05) is 6.07 Å². The van der Waals surface area contributed by atoms with Gasteiger partial charge in [0.15, 0.2) is 11.6 Å². The minimum absolute atomic E-state index is 0.272. The molecule has 18 heavy (non-hydrogen) atoms. The van der Waals surface area contributed by atoms with Crippen molar-refractivity contribution in [3.05, 3.63) is 35.4 Å². The zero-order valence-electron chi connectivity index (χ0n) is 9.96. The van der Waals surface area contributed by atoms with E-state index in [9.17, 15) is 13.6 Å². The number of carbonyl (C=O) groups excluding carboxylic acids is 1. The van der Waals surface area contributed by atoms with Gasteiger partial charge >= 0.3 is 0 Å². The number of nitrogens with two attached hydrogens (primary N) is 1. The molecule has 5 heteroatoms. The molecule has 98 valence electrons. The second-order valence-corrected chi connectivity index (χ2v) is 4.75. The van der Waals surface area contributed by atoms with Crippen LogP contribution in [0.3, 0.4) is 0 Å². The Morgan fingerprint density at radius 2 is 2.17 bits per heavy atom. The second-order valence-electron chi connectivity index (χ2n) is 4.75. The first-order chi connectivity index (χ1) is 8.56. The van der Waals surface area contributed by atoms with E-state index in [1.54, 1.807) is 6.07 Å². The van der Waals surface area contributed by atoms with Crippen molar-refractivity contribution >= 4 is 5.91 Å². The van der Waals surface area contributed by atoms with Crippen molar-refractivity contribution in [1.82, 2.24) is 5.32 Å². The lowest BCUT2D eigenvalue weighted by atomic mass is 9.87. The van der Waals surface area contributed by atoms with Gasteiger partial charge in [0, 0.05) is 0 Å². The third-order valence-electron chi connectivity index (χ3n) is 3.36. The van der Waals surface area contributed by atoms with E-state index in [-0.39, 0.29) is 17.9 Å². The summed E-state index contributed by atoms with van der Waals surface area (Å²) in [7, 11) is 0.